The maximum Gasteiger partial charge on any atom is 0.250 e. The second kappa shape index (κ2) is 7.24. The minimum absolute atomic E-state index is 0.0240. The fourth-order valence-corrected chi connectivity index (χ4v) is 2.90. The minimum Gasteiger partial charge on any atom is -0.373 e. The van der Waals surface area contributed by atoms with Crippen molar-refractivity contribution in [1.29, 1.82) is 0 Å². The summed E-state index contributed by atoms with van der Waals surface area (Å²) in [6, 6.07) is 14.9. The Balaban J connectivity index is 1.56. The highest BCUT2D eigenvalue weighted by atomic mass is 16.5. The standard InChI is InChI=1S/C18H20N2O3/c21-16(13-20-10-5-4-8-17(20)22)19-12-15-9-11-23-18(15)14-6-2-1-3-7-14/h1-8,10,15,18H,9,11-13H2,(H,19,21)/t15-,18-/m1/s1. The number of carbonyl (C=O) groups excluding carboxylic acids is 1. The monoisotopic (exact) mass is 312 g/mol. The SMILES string of the molecule is O=C(Cn1ccccc1=O)NC[C@H]1CCO[C@@H]1c1ccccc1. The third-order valence-electron chi connectivity index (χ3n) is 4.12. The van der Waals surface area contributed by atoms with Crippen molar-refractivity contribution in [2.45, 2.75) is 19.1 Å². The molecule has 0 aliphatic carbocycles. The summed E-state index contributed by atoms with van der Waals surface area (Å²) in [5.41, 5.74) is 0.970. The molecule has 2 aromatic rings. The molecule has 23 heavy (non-hydrogen) atoms. The molecule has 1 N–H and O–H groups in total. The van der Waals surface area contributed by atoms with Gasteiger partial charge in [-0.15, -0.1) is 0 Å². The Hall–Kier alpha value is -2.40. The number of rotatable bonds is 5. The highest BCUT2D eigenvalue weighted by Gasteiger charge is 2.29. The Morgan fingerprint density at radius 3 is 2.74 bits per heavy atom. The molecule has 2 atom stereocenters. The van der Waals surface area contributed by atoms with Crippen molar-refractivity contribution < 1.29 is 9.53 Å². The maximum atomic E-state index is 12.1. The van der Waals surface area contributed by atoms with Crippen molar-refractivity contribution in [2.24, 2.45) is 5.92 Å². The second-order valence-corrected chi connectivity index (χ2v) is 5.72. The highest BCUT2D eigenvalue weighted by Crippen LogP contribution is 2.33. The number of hydrogen-bond donors (Lipinski definition) is 1. The van der Waals surface area contributed by atoms with Gasteiger partial charge in [-0.05, 0) is 18.1 Å². The zero-order valence-corrected chi connectivity index (χ0v) is 12.9. The molecule has 0 bridgehead atoms. The van der Waals surface area contributed by atoms with E-state index < -0.39 is 0 Å². The third kappa shape index (κ3) is 3.87. The Labute approximate surface area is 134 Å². The molecule has 0 saturated carbocycles. The Morgan fingerprint density at radius 2 is 1.96 bits per heavy atom. The number of pyridine rings is 1. The van der Waals surface area contributed by atoms with Crippen LogP contribution < -0.4 is 10.9 Å². The zero-order valence-electron chi connectivity index (χ0n) is 12.9. The second-order valence-electron chi connectivity index (χ2n) is 5.72. The molecule has 5 heteroatoms. The first kappa shape index (κ1) is 15.5. The van der Waals surface area contributed by atoms with Gasteiger partial charge in [0.2, 0.25) is 5.91 Å². The van der Waals surface area contributed by atoms with Gasteiger partial charge in [0.15, 0.2) is 0 Å². The number of benzene rings is 1. The van der Waals surface area contributed by atoms with E-state index in [0.29, 0.717) is 13.2 Å². The average molecular weight is 312 g/mol. The molecule has 1 fully saturated rings. The topological polar surface area (TPSA) is 60.3 Å². The van der Waals surface area contributed by atoms with Crippen molar-refractivity contribution in [1.82, 2.24) is 9.88 Å². The van der Waals surface area contributed by atoms with Gasteiger partial charge in [0.05, 0.1) is 6.10 Å². The smallest absolute Gasteiger partial charge is 0.250 e. The minimum atomic E-state index is -0.172. The van der Waals surface area contributed by atoms with Gasteiger partial charge in [0.25, 0.3) is 5.56 Å². The Kier molecular flexibility index (Phi) is 4.88. The number of nitrogens with zero attached hydrogens (tertiary/aromatic N) is 1. The normalized spacial score (nSPS) is 20.3. The Morgan fingerprint density at radius 1 is 1.17 bits per heavy atom. The van der Waals surface area contributed by atoms with E-state index in [1.165, 1.54) is 10.6 Å². The lowest BCUT2D eigenvalue weighted by Gasteiger charge is -2.19. The van der Waals surface area contributed by atoms with Gasteiger partial charge in [-0.2, -0.15) is 0 Å². The summed E-state index contributed by atoms with van der Waals surface area (Å²) in [6.45, 7) is 1.31. The first-order valence-corrected chi connectivity index (χ1v) is 7.83. The van der Waals surface area contributed by atoms with Crippen LogP contribution in [0.4, 0.5) is 0 Å². The van der Waals surface area contributed by atoms with Crippen molar-refractivity contribution >= 4 is 5.91 Å². The van der Waals surface area contributed by atoms with Crippen molar-refractivity contribution in [3.05, 3.63) is 70.6 Å². The van der Waals surface area contributed by atoms with Crippen LogP contribution in [-0.2, 0) is 16.1 Å². The number of ether oxygens (including phenoxy) is 1. The summed E-state index contributed by atoms with van der Waals surface area (Å²) < 4.78 is 7.21. The molecule has 0 unspecified atom stereocenters. The van der Waals surface area contributed by atoms with Crippen LogP contribution in [0.5, 0.6) is 0 Å². The number of amides is 1. The summed E-state index contributed by atoms with van der Waals surface area (Å²) in [7, 11) is 0. The lowest BCUT2D eigenvalue weighted by atomic mass is 9.95. The van der Waals surface area contributed by atoms with E-state index in [4.69, 9.17) is 4.74 Å². The predicted octanol–water partition coefficient (Wildman–Crippen LogP) is 1.74. The molecule has 0 radical (unpaired) electrons. The van der Waals surface area contributed by atoms with Gasteiger partial charge in [0.1, 0.15) is 6.54 Å². The predicted molar refractivity (Wildman–Crippen MR) is 87.0 cm³/mol. The molecular formula is C18H20N2O3. The van der Waals surface area contributed by atoms with E-state index in [9.17, 15) is 9.59 Å². The molecule has 2 heterocycles. The number of carbonyl (C=O) groups is 1. The van der Waals surface area contributed by atoms with Gasteiger partial charge < -0.3 is 14.6 Å². The molecular weight excluding hydrogens is 292 g/mol. The van der Waals surface area contributed by atoms with E-state index in [2.05, 4.69) is 5.32 Å². The number of nitrogens with one attached hydrogen (secondary N) is 1. The molecule has 1 aromatic carbocycles. The van der Waals surface area contributed by atoms with Crippen LogP contribution in [0.2, 0.25) is 0 Å². The first-order chi connectivity index (χ1) is 11.2. The van der Waals surface area contributed by atoms with Crippen LogP contribution in [0.15, 0.2) is 59.5 Å². The van der Waals surface area contributed by atoms with Crippen LogP contribution in [0, 0.1) is 5.92 Å². The molecule has 1 amide bonds. The van der Waals surface area contributed by atoms with Crippen LogP contribution >= 0.6 is 0 Å². The summed E-state index contributed by atoms with van der Waals surface area (Å²) in [5.74, 6) is 0.103. The van der Waals surface area contributed by atoms with Gasteiger partial charge in [0, 0.05) is 31.3 Å². The quantitative estimate of drug-likeness (QED) is 0.915. The molecule has 5 nitrogen and oxygen atoms in total. The summed E-state index contributed by atoms with van der Waals surface area (Å²) in [6.07, 6.45) is 2.56. The molecule has 1 aliphatic rings. The van der Waals surface area contributed by atoms with Crippen LogP contribution in [0.1, 0.15) is 18.1 Å². The number of hydrogen-bond acceptors (Lipinski definition) is 3. The van der Waals surface area contributed by atoms with Gasteiger partial charge in [-0.25, -0.2) is 0 Å². The van der Waals surface area contributed by atoms with Gasteiger partial charge >= 0.3 is 0 Å². The lowest BCUT2D eigenvalue weighted by molar-refractivity contribution is -0.122. The summed E-state index contributed by atoms with van der Waals surface area (Å²) in [5, 5.41) is 2.92. The fourth-order valence-electron chi connectivity index (χ4n) is 2.90. The van der Waals surface area contributed by atoms with E-state index >= 15 is 0 Å². The molecule has 0 spiro atoms. The molecule has 3 rings (SSSR count). The van der Waals surface area contributed by atoms with Gasteiger partial charge in [-0.1, -0.05) is 36.4 Å². The zero-order chi connectivity index (χ0) is 16.1. The first-order valence-electron chi connectivity index (χ1n) is 7.83. The third-order valence-corrected chi connectivity index (χ3v) is 4.12. The summed E-state index contributed by atoms with van der Waals surface area (Å²) >= 11 is 0. The van der Waals surface area contributed by atoms with Gasteiger partial charge in [-0.3, -0.25) is 9.59 Å². The van der Waals surface area contributed by atoms with E-state index in [1.807, 2.05) is 30.3 Å². The maximum absolute atomic E-state index is 12.1. The van der Waals surface area contributed by atoms with Crippen molar-refractivity contribution in [3.8, 4) is 0 Å². The van der Waals surface area contributed by atoms with E-state index in [0.717, 1.165) is 12.0 Å². The van der Waals surface area contributed by atoms with Crippen LogP contribution in [0.3, 0.4) is 0 Å². The largest absolute Gasteiger partial charge is 0.373 e. The lowest BCUT2D eigenvalue weighted by Crippen LogP contribution is -2.35. The van der Waals surface area contributed by atoms with Crippen LogP contribution in [-0.4, -0.2) is 23.6 Å². The Bertz CT molecular complexity index is 711. The molecule has 1 aromatic heterocycles. The van der Waals surface area contributed by atoms with Crippen molar-refractivity contribution in [3.63, 3.8) is 0 Å². The summed E-state index contributed by atoms with van der Waals surface area (Å²) in [4.78, 5) is 23.7. The van der Waals surface area contributed by atoms with Crippen LogP contribution in [0.25, 0.3) is 0 Å². The highest BCUT2D eigenvalue weighted by molar-refractivity contribution is 5.75. The molecule has 1 aliphatic heterocycles. The van der Waals surface area contributed by atoms with E-state index in [1.54, 1.807) is 18.3 Å². The fraction of sp³-hybridized carbons (Fsp3) is 0.333. The molecule has 120 valence electrons. The van der Waals surface area contributed by atoms with Crippen molar-refractivity contribution in [2.75, 3.05) is 13.2 Å². The average Bonchev–Trinajstić information content (AvgIpc) is 3.04. The number of aromatic nitrogens is 1. The van der Waals surface area contributed by atoms with E-state index in [-0.39, 0.29) is 30.0 Å². The molecule has 1 saturated heterocycles.